The lowest BCUT2D eigenvalue weighted by molar-refractivity contribution is 0.411. The summed E-state index contributed by atoms with van der Waals surface area (Å²) in [6, 6.07) is 8.97. The summed E-state index contributed by atoms with van der Waals surface area (Å²) >= 11 is 5.41. The van der Waals surface area contributed by atoms with E-state index < -0.39 is 0 Å². The van der Waals surface area contributed by atoms with Crippen LogP contribution in [0.2, 0.25) is 0 Å². The third kappa shape index (κ3) is 3.25. The zero-order valence-electron chi connectivity index (χ0n) is 15.1. The molecule has 0 saturated carbocycles. The van der Waals surface area contributed by atoms with E-state index in [1.807, 2.05) is 50.2 Å². The van der Waals surface area contributed by atoms with Gasteiger partial charge in [-0.3, -0.25) is 9.36 Å². The van der Waals surface area contributed by atoms with E-state index >= 15 is 0 Å². The summed E-state index contributed by atoms with van der Waals surface area (Å²) in [7, 11) is 5.47. The molecule has 3 aromatic rings. The SMILES string of the molecule is COc1ccc(-n2cnc(-c3c(N(C)C)cc[nH]c3=S)cc2=O)cc1C. The third-order valence-corrected chi connectivity index (χ3v) is 4.47. The van der Waals surface area contributed by atoms with Gasteiger partial charge >= 0.3 is 0 Å². The number of pyridine rings is 1. The van der Waals surface area contributed by atoms with Crippen molar-refractivity contribution in [3.63, 3.8) is 0 Å². The number of benzene rings is 1. The smallest absolute Gasteiger partial charge is 0.258 e. The van der Waals surface area contributed by atoms with Crippen LogP contribution in [0.15, 0.2) is 47.7 Å². The fourth-order valence-corrected chi connectivity index (χ4v) is 3.11. The summed E-state index contributed by atoms with van der Waals surface area (Å²) in [5, 5.41) is 0. The second-order valence-electron chi connectivity index (χ2n) is 6.10. The largest absolute Gasteiger partial charge is 0.496 e. The van der Waals surface area contributed by atoms with E-state index in [4.69, 9.17) is 17.0 Å². The minimum Gasteiger partial charge on any atom is -0.496 e. The molecule has 0 aliphatic carbocycles. The van der Waals surface area contributed by atoms with Crippen molar-refractivity contribution in [1.82, 2.24) is 14.5 Å². The molecule has 0 unspecified atom stereocenters. The van der Waals surface area contributed by atoms with Crippen LogP contribution in [0.25, 0.3) is 16.9 Å². The maximum Gasteiger partial charge on any atom is 0.258 e. The van der Waals surface area contributed by atoms with E-state index in [1.54, 1.807) is 13.3 Å². The zero-order valence-corrected chi connectivity index (χ0v) is 15.9. The molecule has 1 N–H and O–H groups in total. The monoisotopic (exact) mass is 368 g/mol. The number of hydrogen-bond donors (Lipinski definition) is 1. The number of methoxy groups -OCH3 is 1. The fourth-order valence-electron chi connectivity index (χ4n) is 2.83. The number of anilines is 1. The first kappa shape index (κ1) is 17.9. The summed E-state index contributed by atoms with van der Waals surface area (Å²) in [6.45, 7) is 1.93. The highest BCUT2D eigenvalue weighted by atomic mass is 32.1. The molecule has 0 radical (unpaired) electrons. The number of aryl methyl sites for hydroxylation is 1. The van der Waals surface area contributed by atoms with Crippen LogP contribution in [0.5, 0.6) is 5.75 Å². The van der Waals surface area contributed by atoms with E-state index in [9.17, 15) is 4.79 Å². The van der Waals surface area contributed by atoms with Crippen LogP contribution in [0.1, 0.15) is 5.56 Å². The lowest BCUT2D eigenvalue weighted by Crippen LogP contribution is -2.19. The van der Waals surface area contributed by atoms with Crippen LogP contribution in [-0.4, -0.2) is 35.7 Å². The van der Waals surface area contributed by atoms with Crippen LogP contribution in [0.4, 0.5) is 5.69 Å². The van der Waals surface area contributed by atoms with Gasteiger partial charge < -0.3 is 14.6 Å². The maximum absolute atomic E-state index is 12.7. The van der Waals surface area contributed by atoms with Crippen LogP contribution in [0.3, 0.4) is 0 Å². The zero-order chi connectivity index (χ0) is 18.8. The molecule has 0 aliphatic rings. The number of H-pyrrole nitrogens is 1. The van der Waals surface area contributed by atoms with Gasteiger partial charge in [0.25, 0.3) is 5.56 Å². The summed E-state index contributed by atoms with van der Waals surface area (Å²) in [4.78, 5) is 22.1. The van der Waals surface area contributed by atoms with Crippen LogP contribution >= 0.6 is 12.2 Å². The van der Waals surface area contributed by atoms with Gasteiger partial charge in [0.05, 0.1) is 29.7 Å². The highest BCUT2D eigenvalue weighted by Crippen LogP contribution is 2.28. The number of rotatable bonds is 4. The van der Waals surface area contributed by atoms with Gasteiger partial charge in [0.2, 0.25) is 0 Å². The molecule has 3 rings (SSSR count). The normalized spacial score (nSPS) is 10.6. The number of aromatic nitrogens is 3. The molecule has 2 aromatic heterocycles. The Kier molecular flexibility index (Phi) is 4.90. The second kappa shape index (κ2) is 7.13. The molecule has 6 nitrogen and oxygen atoms in total. The molecule has 7 heteroatoms. The first-order chi connectivity index (χ1) is 12.4. The van der Waals surface area contributed by atoms with E-state index in [0.717, 1.165) is 28.3 Å². The second-order valence-corrected chi connectivity index (χ2v) is 6.51. The van der Waals surface area contributed by atoms with Gasteiger partial charge in [0, 0.05) is 26.4 Å². The van der Waals surface area contributed by atoms with Gasteiger partial charge in [-0.2, -0.15) is 0 Å². The fraction of sp³-hybridized carbons (Fsp3) is 0.211. The molecule has 26 heavy (non-hydrogen) atoms. The van der Waals surface area contributed by atoms with Crippen molar-refractivity contribution < 1.29 is 4.74 Å². The lowest BCUT2D eigenvalue weighted by Gasteiger charge is -2.17. The van der Waals surface area contributed by atoms with E-state index in [2.05, 4.69) is 9.97 Å². The molecule has 0 saturated heterocycles. The predicted molar refractivity (Wildman–Crippen MR) is 106 cm³/mol. The Labute approximate surface area is 156 Å². The summed E-state index contributed by atoms with van der Waals surface area (Å²) in [5.74, 6) is 0.776. The summed E-state index contributed by atoms with van der Waals surface area (Å²) in [6.07, 6.45) is 3.31. The van der Waals surface area contributed by atoms with Crippen molar-refractivity contribution in [3.05, 3.63) is 63.4 Å². The number of hydrogen-bond acceptors (Lipinski definition) is 5. The Morgan fingerprint density at radius 3 is 2.62 bits per heavy atom. The van der Waals surface area contributed by atoms with Gasteiger partial charge in [0.15, 0.2) is 0 Å². The molecular formula is C19H20N4O2S. The Morgan fingerprint density at radius 2 is 2.00 bits per heavy atom. The van der Waals surface area contributed by atoms with Gasteiger partial charge in [0.1, 0.15) is 16.7 Å². The van der Waals surface area contributed by atoms with Crippen molar-refractivity contribution in [1.29, 1.82) is 0 Å². The molecule has 0 aliphatic heterocycles. The van der Waals surface area contributed by atoms with Crippen LogP contribution in [0, 0.1) is 11.6 Å². The van der Waals surface area contributed by atoms with Crippen molar-refractivity contribution in [2.24, 2.45) is 0 Å². The number of ether oxygens (including phenoxy) is 1. The van der Waals surface area contributed by atoms with Crippen LogP contribution < -0.4 is 15.2 Å². The van der Waals surface area contributed by atoms with Crippen molar-refractivity contribution in [3.8, 4) is 22.7 Å². The van der Waals surface area contributed by atoms with Crippen molar-refractivity contribution in [2.75, 3.05) is 26.1 Å². The molecular weight excluding hydrogens is 348 g/mol. The van der Waals surface area contributed by atoms with Gasteiger partial charge in [-0.05, 0) is 36.8 Å². The predicted octanol–water partition coefficient (Wildman–Crippen LogP) is 3.34. The Morgan fingerprint density at radius 1 is 1.23 bits per heavy atom. The van der Waals surface area contributed by atoms with Crippen molar-refractivity contribution >= 4 is 17.9 Å². The quantitative estimate of drug-likeness (QED) is 0.716. The van der Waals surface area contributed by atoms with Crippen LogP contribution in [-0.2, 0) is 0 Å². The highest BCUT2D eigenvalue weighted by molar-refractivity contribution is 7.71. The molecule has 0 fully saturated rings. The topological polar surface area (TPSA) is 63.1 Å². The third-order valence-electron chi connectivity index (χ3n) is 4.14. The molecule has 0 amide bonds. The first-order valence-electron chi connectivity index (χ1n) is 8.05. The van der Waals surface area contributed by atoms with E-state index in [-0.39, 0.29) is 5.56 Å². The minimum atomic E-state index is -0.178. The average molecular weight is 368 g/mol. The maximum atomic E-state index is 12.7. The molecule has 0 spiro atoms. The lowest BCUT2D eigenvalue weighted by atomic mass is 10.1. The number of aromatic amines is 1. The molecule has 134 valence electrons. The number of nitrogens with zero attached hydrogens (tertiary/aromatic N) is 3. The van der Waals surface area contributed by atoms with Gasteiger partial charge in [-0.1, -0.05) is 12.2 Å². The van der Waals surface area contributed by atoms with E-state index in [0.29, 0.717) is 10.3 Å². The molecule has 2 heterocycles. The Hall–Kier alpha value is -2.93. The number of nitrogens with one attached hydrogen (secondary N) is 1. The summed E-state index contributed by atoms with van der Waals surface area (Å²) in [5.41, 5.74) is 3.69. The average Bonchev–Trinajstić information content (AvgIpc) is 2.61. The first-order valence-corrected chi connectivity index (χ1v) is 8.46. The van der Waals surface area contributed by atoms with Gasteiger partial charge in [-0.15, -0.1) is 0 Å². The highest BCUT2D eigenvalue weighted by Gasteiger charge is 2.13. The molecule has 0 bridgehead atoms. The van der Waals surface area contributed by atoms with Crippen molar-refractivity contribution in [2.45, 2.75) is 6.92 Å². The van der Waals surface area contributed by atoms with E-state index in [1.165, 1.54) is 17.0 Å². The summed E-state index contributed by atoms with van der Waals surface area (Å²) < 4.78 is 7.31. The standard InChI is InChI=1S/C19H20N4O2S/c1-12-9-13(5-6-16(12)25-4)23-11-21-14(10-17(23)24)18-15(22(2)3)7-8-20-19(18)26/h5-11H,1-4H3,(H,20,26). The molecule has 0 atom stereocenters. The Balaban J connectivity index is 2.12. The Bertz CT molecular complexity index is 1070. The van der Waals surface area contributed by atoms with Gasteiger partial charge in [-0.25, -0.2) is 4.98 Å². The minimum absolute atomic E-state index is 0.178. The molecule has 1 aromatic carbocycles.